The van der Waals surface area contributed by atoms with Crippen LogP contribution in [0.15, 0.2) is 54.6 Å². The lowest BCUT2D eigenvalue weighted by atomic mass is 10.1. The number of nitrogens with one attached hydrogen (secondary N) is 1. The van der Waals surface area contributed by atoms with Crippen molar-refractivity contribution in [3.05, 3.63) is 65.7 Å². The van der Waals surface area contributed by atoms with Gasteiger partial charge in [-0.25, -0.2) is 0 Å². The van der Waals surface area contributed by atoms with Gasteiger partial charge in [-0.3, -0.25) is 4.79 Å². The molecule has 0 aliphatic carbocycles. The Bertz CT molecular complexity index is 601. The van der Waals surface area contributed by atoms with E-state index in [1.54, 1.807) is 0 Å². The molecule has 1 N–H and O–H groups in total. The zero-order valence-corrected chi connectivity index (χ0v) is 12.8. The minimum absolute atomic E-state index is 0.0271. The van der Waals surface area contributed by atoms with Crippen LogP contribution in [0.5, 0.6) is 0 Å². The summed E-state index contributed by atoms with van der Waals surface area (Å²) in [6.45, 7) is 2.88. The number of carbonyl (C=O) groups is 1. The van der Waals surface area contributed by atoms with Crippen LogP contribution in [-0.4, -0.2) is 19.0 Å². The van der Waals surface area contributed by atoms with Gasteiger partial charge >= 0.3 is 0 Å². The quantitative estimate of drug-likeness (QED) is 0.934. The third-order valence-corrected chi connectivity index (χ3v) is 4.15. The Kier molecular flexibility index (Phi) is 4.74. The lowest BCUT2D eigenvalue weighted by Crippen LogP contribution is -2.29. The molecule has 0 aromatic heterocycles. The Morgan fingerprint density at radius 2 is 1.59 bits per heavy atom. The number of hydrogen-bond donors (Lipinski definition) is 1. The Hall–Kier alpha value is -2.29. The second kappa shape index (κ2) is 7.12. The minimum Gasteiger partial charge on any atom is -0.372 e. The van der Waals surface area contributed by atoms with Gasteiger partial charge in [-0.1, -0.05) is 30.3 Å². The van der Waals surface area contributed by atoms with E-state index >= 15 is 0 Å². The van der Waals surface area contributed by atoms with Gasteiger partial charge in [0.05, 0.1) is 0 Å². The zero-order chi connectivity index (χ0) is 15.2. The molecule has 1 aliphatic heterocycles. The Morgan fingerprint density at radius 1 is 0.909 bits per heavy atom. The topological polar surface area (TPSA) is 32.3 Å². The molecule has 22 heavy (non-hydrogen) atoms. The number of anilines is 1. The molecule has 0 unspecified atom stereocenters. The van der Waals surface area contributed by atoms with Gasteiger partial charge in [-0.05, 0) is 49.1 Å². The van der Waals surface area contributed by atoms with Crippen molar-refractivity contribution in [2.45, 2.75) is 25.8 Å². The highest BCUT2D eigenvalue weighted by atomic mass is 16.1. The van der Waals surface area contributed by atoms with Crippen molar-refractivity contribution in [3.63, 3.8) is 0 Å². The maximum Gasteiger partial charge on any atom is 0.251 e. The average Bonchev–Trinajstić information content (AvgIpc) is 2.61. The van der Waals surface area contributed by atoms with Crippen molar-refractivity contribution in [1.29, 1.82) is 0 Å². The van der Waals surface area contributed by atoms with Gasteiger partial charge in [0.2, 0.25) is 0 Å². The predicted octanol–water partition coefficient (Wildman–Crippen LogP) is 3.61. The van der Waals surface area contributed by atoms with E-state index in [0.29, 0.717) is 12.1 Å². The molecule has 114 valence electrons. The summed E-state index contributed by atoms with van der Waals surface area (Å²) >= 11 is 0. The highest BCUT2D eigenvalue weighted by Crippen LogP contribution is 2.20. The van der Waals surface area contributed by atoms with Crippen LogP contribution in [0.3, 0.4) is 0 Å². The molecule has 3 nitrogen and oxygen atoms in total. The maximum atomic E-state index is 12.0. The summed E-state index contributed by atoms with van der Waals surface area (Å²) in [6, 6.07) is 17.9. The Labute approximate surface area is 132 Å². The molecule has 1 saturated heterocycles. The smallest absolute Gasteiger partial charge is 0.251 e. The van der Waals surface area contributed by atoms with E-state index in [1.807, 2.05) is 30.3 Å². The number of hydrogen-bond acceptors (Lipinski definition) is 2. The first-order valence-corrected chi connectivity index (χ1v) is 8.00. The van der Waals surface area contributed by atoms with E-state index in [4.69, 9.17) is 0 Å². The van der Waals surface area contributed by atoms with Crippen LogP contribution < -0.4 is 10.2 Å². The Balaban J connectivity index is 1.56. The summed E-state index contributed by atoms with van der Waals surface area (Å²) in [6.07, 6.45) is 3.92. The van der Waals surface area contributed by atoms with E-state index in [1.165, 1.54) is 24.9 Å². The van der Waals surface area contributed by atoms with Crippen molar-refractivity contribution in [3.8, 4) is 0 Å². The molecular weight excluding hydrogens is 272 g/mol. The van der Waals surface area contributed by atoms with Gasteiger partial charge in [0.25, 0.3) is 5.91 Å². The first-order valence-electron chi connectivity index (χ1n) is 8.00. The normalized spacial score (nSPS) is 14.6. The third kappa shape index (κ3) is 3.67. The Morgan fingerprint density at radius 3 is 2.27 bits per heavy atom. The standard InChI is InChI=1S/C19H22N2O/c22-19(17-7-3-1-4-8-17)20-15-16-9-11-18(12-10-16)21-13-5-2-6-14-21/h1,3-4,7-12H,2,5-6,13-15H2,(H,20,22). The van der Waals surface area contributed by atoms with Gasteiger partial charge in [-0.2, -0.15) is 0 Å². The fourth-order valence-electron chi connectivity index (χ4n) is 2.85. The van der Waals surface area contributed by atoms with Gasteiger partial charge in [0.1, 0.15) is 0 Å². The van der Waals surface area contributed by atoms with Crippen LogP contribution in [0.25, 0.3) is 0 Å². The molecule has 2 aromatic rings. The fraction of sp³-hybridized carbons (Fsp3) is 0.316. The molecule has 3 heteroatoms. The van der Waals surface area contributed by atoms with Crippen LogP contribution >= 0.6 is 0 Å². The predicted molar refractivity (Wildman–Crippen MR) is 90.1 cm³/mol. The van der Waals surface area contributed by atoms with Crippen molar-refractivity contribution in [2.24, 2.45) is 0 Å². The number of amides is 1. The molecule has 1 aliphatic rings. The van der Waals surface area contributed by atoms with Crippen LogP contribution in [0.4, 0.5) is 5.69 Å². The highest BCUT2D eigenvalue weighted by molar-refractivity contribution is 5.94. The number of rotatable bonds is 4. The van der Waals surface area contributed by atoms with Gasteiger partial charge in [-0.15, -0.1) is 0 Å². The summed E-state index contributed by atoms with van der Waals surface area (Å²) in [5, 5.41) is 2.96. The molecule has 0 spiro atoms. The van der Waals surface area contributed by atoms with E-state index in [2.05, 4.69) is 34.5 Å². The third-order valence-electron chi connectivity index (χ3n) is 4.15. The molecule has 0 saturated carbocycles. The molecule has 1 amide bonds. The minimum atomic E-state index is -0.0271. The first-order chi connectivity index (χ1) is 10.8. The fourth-order valence-corrected chi connectivity index (χ4v) is 2.85. The van der Waals surface area contributed by atoms with E-state index in [9.17, 15) is 4.79 Å². The lowest BCUT2D eigenvalue weighted by molar-refractivity contribution is 0.0951. The monoisotopic (exact) mass is 294 g/mol. The second-order valence-corrected chi connectivity index (χ2v) is 5.76. The second-order valence-electron chi connectivity index (χ2n) is 5.76. The van der Waals surface area contributed by atoms with Crippen molar-refractivity contribution in [2.75, 3.05) is 18.0 Å². The molecule has 1 fully saturated rings. The SMILES string of the molecule is O=C(NCc1ccc(N2CCCCC2)cc1)c1ccccc1. The first kappa shape index (κ1) is 14.6. The number of carbonyl (C=O) groups excluding carboxylic acids is 1. The largest absolute Gasteiger partial charge is 0.372 e. The highest BCUT2D eigenvalue weighted by Gasteiger charge is 2.10. The van der Waals surface area contributed by atoms with E-state index < -0.39 is 0 Å². The number of benzene rings is 2. The lowest BCUT2D eigenvalue weighted by Gasteiger charge is -2.28. The summed E-state index contributed by atoms with van der Waals surface area (Å²) in [5.41, 5.74) is 3.12. The zero-order valence-electron chi connectivity index (χ0n) is 12.8. The van der Waals surface area contributed by atoms with E-state index in [-0.39, 0.29) is 5.91 Å². The average molecular weight is 294 g/mol. The van der Waals surface area contributed by atoms with Crippen LogP contribution in [0.1, 0.15) is 35.2 Å². The summed E-state index contributed by atoms with van der Waals surface area (Å²) in [4.78, 5) is 14.5. The van der Waals surface area contributed by atoms with Gasteiger partial charge < -0.3 is 10.2 Å². The molecule has 0 radical (unpaired) electrons. The molecule has 3 rings (SSSR count). The molecule has 0 bridgehead atoms. The van der Waals surface area contributed by atoms with Crippen molar-refractivity contribution < 1.29 is 4.79 Å². The summed E-state index contributed by atoms with van der Waals surface area (Å²) in [7, 11) is 0. The number of nitrogens with zero attached hydrogens (tertiary/aromatic N) is 1. The van der Waals surface area contributed by atoms with Crippen LogP contribution in [-0.2, 0) is 6.54 Å². The molecule has 0 atom stereocenters. The van der Waals surface area contributed by atoms with E-state index in [0.717, 1.165) is 18.7 Å². The van der Waals surface area contributed by atoms with Crippen molar-refractivity contribution >= 4 is 11.6 Å². The van der Waals surface area contributed by atoms with Crippen LogP contribution in [0.2, 0.25) is 0 Å². The molecule has 1 heterocycles. The van der Waals surface area contributed by atoms with Crippen LogP contribution in [0, 0.1) is 0 Å². The number of piperidine rings is 1. The molecule has 2 aromatic carbocycles. The maximum absolute atomic E-state index is 12.0. The van der Waals surface area contributed by atoms with Gasteiger partial charge in [0.15, 0.2) is 0 Å². The van der Waals surface area contributed by atoms with Gasteiger partial charge in [0, 0.05) is 30.9 Å². The molecular formula is C19H22N2O. The van der Waals surface area contributed by atoms with Crippen molar-refractivity contribution in [1.82, 2.24) is 5.32 Å². The summed E-state index contributed by atoms with van der Waals surface area (Å²) in [5.74, 6) is -0.0271. The summed E-state index contributed by atoms with van der Waals surface area (Å²) < 4.78 is 0.